The fourth-order valence-electron chi connectivity index (χ4n) is 2.71. The molecule has 4 rings (SSSR count). The molecule has 0 radical (unpaired) electrons. The molecule has 0 amide bonds. The van der Waals surface area contributed by atoms with Gasteiger partial charge in [0, 0.05) is 17.1 Å². The molecule has 3 aromatic rings. The number of aromatic nitrogens is 5. The summed E-state index contributed by atoms with van der Waals surface area (Å²) in [5, 5.41) is 11.2. The molecule has 1 aromatic carbocycles. The Bertz CT molecular complexity index is 993. The van der Waals surface area contributed by atoms with E-state index in [0.29, 0.717) is 29.7 Å². The van der Waals surface area contributed by atoms with Gasteiger partial charge in [-0.3, -0.25) is 0 Å². The van der Waals surface area contributed by atoms with Gasteiger partial charge in [-0.1, -0.05) is 0 Å². The molecule has 1 unspecified atom stereocenters. The van der Waals surface area contributed by atoms with Crippen molar-refractivity contribution < 1.29 is 18.3 Å². The molecule has 140 valence electrons. The maximum Gasteiger partial charge on any atom is 0.202 e. The van der Waals surface area contributed by atoms with E-state index < -0.39 is 11.6 Å². The lowest BCUT2D eigenvalue weighted by Gasteiger charge is -2.14. The monoisotopic (exact) mass is 438 g/mol. The number of hydrogen-bond acceptors (Lipinski definition) is 7. The normalized spacial score (nSPS) is 16.6. The molecule has 1 saturated heterocycles. The molecule has 0 spiro atoms. The molecule has 1 atom stereocenters. The van der Waals surface area contributed by atoms with E-state index in [1.807, 2.05) is 0 Å². The zero-order valence-electron chi connectivity index (χ0n) is 13.8. The summed E-state index contributed by atoms with van der Waals surface area (Å²) in [6, 6.07) is 4.31. The van der Waals surface area contributed by atoms with E-state index in [0.717, 1.165) is 4.68 Å². The van der Waals surface area contributed by atoms with Crippen molar-refractivity contribution in [2.75, 3.05) is 18.9 Å². The van der Waals surface area contributed by atoms with Crippen molar-refractivity contribution >= 4 is 21.7 Å². The van der Waals surface area contributed by atoms with Gasteiger partial charge in [0.1, 0.15) is 17.6 Å². The first-order chi connectivity index (χ1) is 13.0. The summed E-state index contributed by atoms with van der Waals surface area (Å²) in [7, 11) is 0. The van der Waals surface area contributed by atoms with Gasteiger partial charge in [0.15, 0.2) is 17.4 Å². The summed E-state index contributed by atoms with van der Waals surface area (Å²) in [5.41, 5.74) is 6.06. The fraction of sp³-hybridized carbons (Fsp3) is 0.250. The molecule has 1 aliphatic rings. The van der Waals surface area contributed by atoms with Crippen molar-refractivity contribution in [3.05, 3.63) is 40.5 Å². The summed E-state index contributed by atoms with van der Waals surface area (Å²) in [6.07, 6.45) is 1.82. The number of ether oxygens (including phenoxy) is 2. The van der Waals surface area contributed by atoms with Crippen molar-refractivity contribution in [1.29, 1.82) is 0 Å². The maximum absolute atomic E-state index is 14.7. The second-order valence-corrected chi connectivity index (χ2v) is 6.73. The molecule has 2 aromatic heterocycles. The summed E-state index contributed by atoms with van der Waals surface area (Å²) < 4.78 is 41.6. The van der Waals surface area contributed by atoms with E-state index in [2.05, 4.69) is 36.4 Å². The highest BCUT2D eigenvalue weighted by molar-refractivity contribution is 9.10. The molecule has 1 fully saturated rings. The van der Waals surface area contributed by atoms with E-state index in [9.17, 15) is 8.78 Å². The minimum atomic E-state index is -1.14. The van der Waals surface area contributed by atoms with Crippen molar-refractivity contribution in [2.45, 2.75) is 12.5 Å². The Morgan fingerprint density at radius 3 is 2.93 bits per heavy atom. The van der Waals surface area contributed by atoms with Crippen molar-refractivity contribution in [1.82, 2.24) is 25.2 Å². The molecular weight excluding hydrogens is 426 g/mol. The number of benzene rings is 1. The molecule has 27 heavy (non-hydrogen) atoms. The number of hydrogen-bond donors (Lipinski definition) is 1. The van der Waals surface area contributed by atoms with Crippen molar-refractivity contribution in [2.24, 2.45) is 0 Å². The predicted molar refractivity (Wildman–Crippen MR) is 94.3 cm³/mol. The van der Waals surface area contributed by atoms with Gasteiger partial charge in [-0.2, -0.15) is 9.07 Å². The highest BCUT2D eigenvalue weighted by Crippen LogP contribution is 2.31. The summed E-state index contributed by atoms with van der Waals surface area (Å²) in [5.74, 6) is -2.18. The van der Waals surface area contributed by atoms with E-state index in [1.54, 1.807) is 6.07 Å². The van der Waals surface area contributed by atoms with Crippen LogP contribution in [0.3, 0.4) is 0 Å². The first kappa shape index (κ1) is 17.7. The van der Waals surface area contributed by atoms with E-state index in [-0.39, 0.29) is 29.2 Å². The van der Waals surface area contributed by atoms with Crippen LogP contribution < -0.4 is 10.5 Å². The second-order valence-electron chi connectivity index (χ2n) is 5.81. The van der Waals surface area contributed by atoms with Crippen LogP contribution in [0.1, 0.15) is 6.42 Å². The van der Waals surface area contributed by atoms with Gasteiger partial charge in [0.25, 0.3) is 0 Å². The Labute approximate surface area is 160 Å². The Kier molecular flexibility index (Phi) is 4.70. The summed E-state index contributed by atoms with van der Waals surface area (Å²) in [6.45, 7) is 0.873. The lowest BCUT2D eigenvalue weighted by atomic mass is 10.2. The van der Waals surface area contributed by atoms with Crippen LogP contribution in [-0.2, 0) is 4.74 Å². The SMILES string of the molecule is Nc1ncc(Br)cc1-c1nnnn1-c1ccc(OC2CCOC2)c(F)c1F. The van der Waals surface area contributed by atoms with Crippen LogP contribution in [0.5, 0.6) is 5.75 Å². The van der Waals surface area contributed by atoms with Gasteiger partial charge in [0.05, 0.1) is 18.8 Å². The zero-order valence-corrected chi connectivity index (χ0v) is 15.4. The lowest BCUT2D eigenvalue weighted by Crippen LogP contribution is -2.17. The zero-order chi connectivity index (χ0) is 19.0. The fourth-order valence-corrected chi connectivity index (χ4v) is 3.04. The molecule has 0 saturated carbocycles. The molecular formula is C16H13BrF2N6O2. The lowest BCUT2D eigenvalue weighted by molar-refractivity contribution is 0.137. The van der Waals surface area contributed by atoms with Crippen LogP contribution in [0.25, 0.3) is 17.1 Å². The van der Waals surface area contributed by atoms with Gasteiger partial charge in [0.2, 0.25) is 5.82 Å². The van der Waals surface area contributed by atoms with Gasteiger partial charge < -0.3 is 15.2 Å². The van der Waals surface area contributed by atoms with Gasteiger partial charge in [-0.15, -0.1) is 5.10 Å². The van der Waals surface area contributed by atoms with E-state index in [4.69, 9.17) is 15.2 Å². The molecule has 8 nitrogen and oxygen atoms in total. The number of nitrogens with zero attached hydrogens (tertiary/aromatic N) is 5. The summed E-state index contributed by atoms with van der Waals surface area (Å²) in [4.78, 5) is 4.00. The Morgan fingerprint density at radius 2 is 2.15 bits per heavy atom. The van der Waals surface area contributed by atoms with Gasteiger partial charge in [-0.05, 0) is 44.6 Å². The summed E-state index contributed by atoms with van der Waals surface area (Å²) >= 11 is 3.28. The largest absolute Gasteiger partial charge is 0.485 e. The highest BCUT2D eigenvalue weighted by Gasteiger charge is 2.24. The first-order valence-corrected chi connectivity index (χ1v) is 8.76. The number of pyridine rings is 1. The Morgan fingerprint density at radius 1 is 1.30 bits per heavy atom. The molecule has 1 aliphatic heterocycles. The van der Waals surface area contributed by atoms with Crippen molar-refractivity contribution in [3.63, 3.8) is 0 Å². The van der Waals surface area contributed by atoms with E-state index in [1.165, 1.54) is 18.3 Å². The van der Waals surface area contributed by atoms with Crippen LogP contribution in [0.15, 0.2) is 28.9 Å². The number of nitrogens with two attached hydrogens (primary N) is 1. The third-order valence-corrected chi connectivity index (χ3v) is 4.47. The average molecular weight is 439 g/mol. The molecule has 0 bridgehead atoms. The number of halogens is 3. The Balaban J connectivity index is 1.73. The number of nitrogen functional groups attached to an aromatic ring is 1. The second kappa shape index (κ2) is 7.16. The Hall–Kier alpha value is -2.66. The van der Waals surface area contributed by atoms with Gasteiger partial charge >= 0.3 is 0 Å². The topological polar surface area (TPSA) is 101 Å². The molecule has 0 aliphatic carbocycles. The average Bonchev–Trinajstić information content (AvgIpc) is 3.33. The predicted octanol–water partition coefficient (Wildman–Crippen LogP) is 2.51. The number of anilines is 1. The quantitative estimate of drug-likeness (QED) is 0.667. The maximum atomic E-state index is 14.7. The standard InChI is InChI=1S/C16H13BrF2N6O2/c17-8-5-10(15(20)21-6-8)16-22-23-24-25(16)11-1-2-12(14(19)13(11)18)27-9-3-4-26-7-9/h1-2,5-6,9H,3-4,7H2,(H2,20,21). The molecule has 2 N–H and O–H groups in total. The van der Waals surface area contributed by atoms with Crippen LogP contribution in [0.4, 0.5) is 14.6 Å². The third-order valence-electron chi connectivity index (χ3n) is 4.03. The van der Waals surface area contributed by atoms with Crippen LogP contribution in [-0.4, -0.2) is 44.5 Å². The third kappa shape index (κ3) is 3.35. The van der Waals surface area contributed by atoms with E-state index >= 15 is 0 Å². The molecule has 3 heterocycles. The van der Waals surface area contributed by atoms with Crippen molar-refractivity contribution in [3.8, 4) is 22.8 Å². The first-order valence-electron chi connectivity index (χ1n) is 7.97. The molecule has 11 heteroatoms. The minimum Gasteiger partial charge on any atom is -0.485 e. The smallest absolute Gasteiger partial charge is 0.202 e. The van der Waals surface area contributed by atoms with Gasteiger partial charge in [-0.25, -0.2) is 9.37 Å². The highest BCUT2D eigenvalue weighted by atomic mass is 79.9. The number of tetrazole rings is 1. The van der Waals surface area contributed by atoms with Crippen LogP contribution in [0, 0.1) is 11.6 Å². The minimum absolute atomic E-state index is 0.123. The van der Waals surface area contributed by atoms with Crippen LogP contribution >= 0.6 is 15.9 Å². The van der Waals surface area contributed by atoms with Crippen LogP contribution in [0.2, 0.25) is 0 Å². The number of rotatable bonds is 4.